The number of aliphatic carboxylic acids is 1. The number of amides is 5. The minimum atomic E-state index is -1.48. The van der Waals surface area contributed by atoms with Gasteiger partial charge in [-0.2, -0.15) is 0 Å². The van der Waals surface area contributed by atoms with E-state index in [1.54, 1.807) is 30.3 Å². The summed E-state index contributed by atoms with van der Waals surface area (Å²) in [6.07, 6.45) is 6.10. The van der Waals surface area contributed by atoms with E-state index in [4.69, 9.17) is 22.9 Å². The van der Waals surface area contributed by atoms with Crippen LogP contribution in [0.5, 0.6) is 0 Å². The summed E-state index contributed by atoms with van der Waals surface area (Å²) in [6.45, 7) is -0.00272. The number of nitrogens with zero attached hydrogens (tertiary/aromatic N) is 2. The second kappa shape index (κ2) is 22.5. The van der Waals surface area contributed by atoms with E-state index in [9.17, 15) is 39.0 Å². The number of aliphatic hydroxyl groups excluding tert-OH is 1. The summed E-state index contributed by atoms with van der Waals surface area (Å²) in [6, 6.07) is 3.11. The number of nitrogens with two attached hydrogens (primary N) is 4. The Morgan fingerprint density at radius 2 is 1.55 bits per heavy atom. The Morgan fingerprint density at radius 1 is 0.855 bits per heavy atom. The number of carbonyl (C=O) groups is 6. The summed E-state index contributed by atoms with van der Waals surface area (Å²) >= 11 is 0. The second-order valence-corrected chi connectivity index (χ2v) is 14.4. The van der Waals surface area contributed by atoms with Gasteiger partial charge in [-0.15, -0.1) is 0 Å². The van der Waals surface area contributed by atoms with Crippen LogP contribution in [0.25, 0.3) is 0 Å². The fourth-order valence-corrected chi connectivity index (χ4v) is 7.06. The fourth-order valence-electron chi connectivity index (χ4n) is 7.06. The first kappa shape index (κ1) is 44.6. The lowest BCUT2D eigenvalue weighted by Gasteiger charge is -2.36. The number of unbranched alkanes of at least 4 members (excludes halogenated alkanes) is 1. The Balaban J connectivity index is 1.77. The maximum absolute atomic E-state index is 14.2. The number of carbonyl (C=O) groups excluding carboxylic acids is 5. The summed E-state index contributed by atoms with van der Waals surface area (Å²) < 4.78 is 0. The van der Waals surface area contributed by atoms with Crippen molar-refractivity contribution in [1.29, 1.82) is 0 Å². The molecule has 0 spiro atoms. The Labute approximate surface area is 322 Å². The number of benzene rings is 1. The highest BCUT2D eigenvalue weighted by Gasteiger charge is 2.44. The average molecular weight is 773 g/mol. The first-order valence-electron chi connectivity index (χ1n) is 19.2. The van der Waals surface area contributed by atoms with Crippen LogP contribution in [0, 0.1) is 0 Å². The second-order valence-electron chi connectivity index (χ2n) is 14.4. The Kier molecular flexibility index (Phi) is 18.3. The van der Waals surface area contributed by atoms with Crippen LogP contribution in [0.1, 0.15) is 89.0 Å². The maximum atomic E-state index is 14.2. The van der Waals surface area contributed by atoms with Crippen molar-refractivity contribution in [3.05, 3.63) is 35.9 Å². The van der Waals surface area contributed by atoms with Gasteiger partial charge in [-0.05, 0) is 63.5 Å². The third-order valence-electron chi connectivity index (χ3n) is 10.2. The van der Waals surface area contributed by atoms with Crippen LogP contribution in [-0.4, -0.2) is 119 Å². The monoisotopic (exact) mass is 772 g/mol. The van der Waals surface area contributed by atoms with Crippen LogP contribution in [0.3, 0.4) is 0 Å². The molecule has 18 nitrogen and oxygen atoms in total. The number of carboxylic acids is 1. The van der Waals surface area contributed by atoms with Crippen LogP contribution >= 0.6 is 0 Å². The molecule has 0 bridgehead atoms. The number of carboxylic acid groups (broad SMARTS) is 1. The van der Waals surface area contributed by atoms with E-state index < -0.39 is 77.9 Å². The molecule has 1 saturated heterocycles. The molecule has 0 unspecified atom stereocenters. The first-order valence-corrected chi connectivity index (χ1v) is 19.2. The van der Waals surface area contributed by atoms with Crippen molar-refractivity contribution in [1.82, 2.24) is 26.2 Å². The van der Waals surface area contributed by atoms with E-state index in [1.165, 1.54) is 4.90 Å². The largest absolute Gasteiger partial charge is 0.480 e. The molecule has 2 fully saturated rings. The Hall–Kier alpha value is -4.81. The third kappa shape index (κ3) is 13.8. The van der Waals surface area contributed by atoms with Crippen LogP contribution in [0.15, 0.2) is 35.3 Å². The van der Waals surface area contributed by atoms with Gasteiger partial charge in [-0.3, -0.25) is 29.0 Å². The molecule has 1 aromatic carbocycles. The zero-order valence-electron chi connectivity index (χ0n) is 31.5. The minimum absolute atomic E-state index is 0.0358. The van der Waals surface area contributed by atoms with Gasteiger partial charge < -0.3 is 59.3 Å². The van der Waals surface area contributed by atoms with Gasteiger partial charge >= 0.3 is 5.97 Å². The van der Waals surface area contributed by atoms with Gasteiger partial charge in [0.2, 0.25) is 29.5 Å². The van der Waals surface area contributed by atoms with E-state index in [1.807, 2.05) is 0 Å². The summed E-state index contributed by atoms with van der Waals surface area (Å²) in [5, 5.41) is 31.0. The van der Waals surface area contributed by atoms with Gasteiger partial charge in [-0.25, -0.2) is 4.79 Å². The zero-order chi connectivity index (χ0) is 40.4. The normalized spacial score (nSPS) is 18.7. The lowest BCUT2D eigenvalue weighted by Crippen LogP contribution is -2.65. The van der Waals surface area contributed by atoms with Gasteiger partial charge in [-0.1, -0.05) is 62.4 Å². The molecule has 14 N–H and O–H groups in total. The van der Waals surface area contributed by atoms with E-state index in [-0.39, 0.29) is 51.2 Å². The third-order valence-corrected chi connectivity index (χ3v) is 10.2. The van der Waals surface area contributed by atoms with Crippen molar-refractivity contribution in [2.75, 3.05) is 26.2 Å². The molecule has 18 heteroatoms. The number of hydrogen-bond acceptors (Lipinski definition) is 10. The van der Waals surface area contributed by atoms with Crippen LogP contribution in [0.4, 0.5) is 0 Å². The number of aliphatic hydroxyl groups is 1. The molecule has 1 heterocycles. The molecule has 5 amide bonds. The smallest absolute Gasteiger partial charge is 0.326 e. The lowest BCUT2D eigenvalue weighted by molar-refractivity contribution is -0.146. The maximum Gasteiger partial charge on any atom is 0.326 e. The quantitative estimate of drug-likeness (QED) is 0.0295. The predicted octanol–water partition coefficient (Wildman–Crippen LogP) is -1.53. The van der Waals surface area contributed by atoms with Crippen LogP contribution in [0.2, 0.25) is 0 Å². The molecular weight excluding hydrogens is 712 g/mol. The molecular formula is C37H60N10O8. The summed E-state index contributed by atoms with van der Waals surface area (Å²) in [7, 11) is 0. The number of guanidine groups is 1. The van der Waals surface area contributed by atoms with Gasteiger partial charge in [0.05, 0.1) is 12.6 Å². The molecule has 1 aliphatic carbocycles. The number of hydrogen-bond donors (Lipinski definition) is 10. The molecule has 1 aliphatic heterocycles. The van der Waals surface area contributed by atoms with Crippen molar-refractivity contribution in [2.24, 2.45) is 27.9 Å². The SMILES string of the molecule is NCCCC[C@H](N)C(=O)N[C@@H](CCCN=C(N)N)C(=O)NC1(C(=O)N[C@@H](CO)C(=O)N2CCC[C@H]2C(=O)N[C@@H](Cc2ccccc2)C(=O)O)CCCCCC1. The molecule has 55 heavy (non-hydrogen) atoms. The number of aliphatic imine (C=N–C) groups is 1. The number of rotatable bonds is 21. The topological polar surface area (TPSA) is 311 Å². The highest BCUT2D eigenvalue weighted by atomic mass is 16.4. The first-order chi connectivity index (χ1) is 26.3. The zero-order valence-corrected chi connectivity index (χ0v) is 31.5. The van der Waals surface area contributed by atoms with Crippen molar-refractivity contribution < 1.29 is 39.0 Å². The molecule has 1 saturated carbocycles. The van der Waals surface area contributed by atoms with E-state index in [0.717, 1.165) is 12.8 Å². The molecule has 1 aromatic rings. The lowest BCUT2D eigenvalue weighted by atomic mass is 9.88. The number of likely N-dealkylation sites (tertiary alicyclic amines) is 1. The molecule has 3 rings (SSSR count). The summed E-state index contributed by atoms with van der Waals surface area (Å²) in [5.74, 6) is -4.58. The van der Waals surface area contributed by atoms with E-state index in [0.29, 0.717) is 57.1 Å². The molecule has 0 aromatic heterocycles. The molecule has 0 radical (unpaired) electrons. The van der Waals surface area contributed by atoms with E-state index in [2.05, 4.69) is 26.3 Å². The summed E-state index contributed by atoms with van der Waals surface area (Å²) in [5.41, 5.74) is 21.8. The highest BCUT2D eigenvalue weighted by Crippen LogP contribution is 2.29. The van der Waals surface area contributed by atoms with Crippen molar-refractivity contribution >= 4 is 41.5 Å². The molecule has 5 atom stereocenters. The minimum Gasteiger partial charge on any atom is -0.480 e. The molecule has 306 valence electrons. The van der Waals surface area contributed by atoms with Crippen molar-refractivity contribution in [3.63, 3.8) is 0 Å². The Morgan fingerprint density at radius 3 is 2.16 bits per heavy atom. The standard InChI is InChI=1S/C37H60N10O8/c38-19-9-6-14-25(39)30(49)43-26(15-10-20-42-36(40)41)31(50)46-37(17-7-1-2-8-18-37)35(55)45-28(23-48)33(52)47-21-11-16-29(47)32(51)44-27(34(53)54)22-24-12-4-3-5-13-24/h3-5,12-13,25-29,48H,1-2,6-11,14-23,38-39H2,(H,43,49)(H,44,51)(H,45,55)(H,46,50)(H,53,54)(H4,40,41,42)/t25-,26-,27-,28-,29-/m0/s1. The van der Waals surface area contributed by atoms with E-state index >= 15 is 0 Å². The molecule has 2 aliphatic rings. The average Bonchev–Trinajstić information content (AvgIpc) is 3.54. The van der Waals surface area contributed by atoms with Gasteiger partial charge in [0.1, 0.15) is 29.7 Å². The number of nitrogens with one attached hydrogen (secondary N) is 4. The Bertz CT molecular complexity index is 1470. The summed E-state index contributed by atoms with van der Waals surface area (Å²) in [4.78, 5) is 85.8. The van der Waals surface area contributed by atoms with Crippen molar-refractivity contribution in [2.45, 2.75) is 126 Å². The fraction of sp³-hybridized carbons (Fsp3) is 0.649. The predicted molar refractivity (Wildman–Crippen MR) is 205 cm³/mol. The van der Waals surface area contributed by atoms with Gasteiger partial charge in [0.15, 0.2) is 5.96 Å². The van der Waals surface area contributed by atoms with Gasteiger partial charge in [0, 0.05) is 19.5 Å². The highest BCUT2D eigenvalue weighted by molar-refractivity contribution is 5.98. The van der Waals surface area contributed by atoms with Crippen molar-refractivity contribution in [3.8, 4) is 0 Å². The van der Waals surface area contributed by atoms with Gasteiger partial charge in [0.25, 0.3) is 0 Å². The van der Waals surface area contributed by atoms with Crippen LogP contribution in [-0.2, 0) is 35.2 Å². The van der Waals surface area contributed by atoms with Crippen LogP contribution < -0.4 is 44.2 Å².